The number of aliphatic hydroxyl groups is 1. The van der Waals surface area contributed by atoms with Crippen LogP contribution in [0.25, 0.3) is 11.0 Å². The van der Waals surface area contributed by atoms with Crippen LogP contribution in [0.3, 0.4) is 0 Å². The first-order chi connectivity index (χ1) is 10.7. The summed E-state index contributed by atoms with van der Waals surface area (Å²) in [6.07, 6.45) is 4.24. The van der Waals surface area contributed by atoms with Crippen LogP contribution in [0.5, 0.6) is 0 Å². The first kappa shape index (κ1) is 14.1. The van der Waals surface area contributed by atoms with Crippen molar-refractivity contribution in [1.82, 2.24) is 19.8 Å². The molecule has 2 fully saturated rings. The topological polar surface area (TPSA) is 52.5 Å². The molecule has 0 aliphatic carbocycles. The number of aliphatic hydroxyl groups excluding tert-OH is 1. The van der Waals surface area contributed by atoms with E-state index in [1.54, 1.807) is 12.4 Å². The maximum atomic E-state index is 9.87. The van der Waals surface area contributed by atoms with Gasteiger partial charge in [0.2, 0.25) is 0 Å². The van der Waals surface area contributed by atoms with Gasteiger partial charge in [0.1, 0.15) is 0 Å². The Balaban J connectivity index is 1.51. The highest BCUT2D eigenvalue weighted by atomic mass is 16.3. The third-order valence-corrected chi connectivity index (χ3v) is 4.99. The van der Waals surface area contributed by atoms with Gasteiger partial charge in [0, 0.05) is 50.7 Å². The van der Waals surface area contributed by atoms with Gasteiger partial charge in [-0.25, -0.2) is 0 Å². The van der Waals surface area contributed by atoms with E-state index in [0.717, 1.165) is 43.6 Å². The van der Waals surface area contributed by atoms with Gasteiger partial charge in [0.25, 0.3) is 0 Å². The molecule has 1 N–H and O–H groups in total. The zero-order valence-electron chi connectivity index (χ0n) is 12.9. The van der Waals surface area contributed by atoms with Crippen molar-refractivity contribution in [3.63, 3.8) is 0 Å². The predicted molar refractivity (Wildman–Crippen MR) is 85.4 cm³/mol. The lowest BCUT2D eigenvalue weighted by Crippen LogP contribution is -2.54. The van der Waals surface area contributed by atoms with Gasteiger partial charge in [-0.1, -0.05) is 6.07 Å². The Labute approximate surface area is 130 Å². The van der Waals surface area contributed by atoms with Crippen molar-refractivity contribution in [3.8, 4) is 0 Å². The molecule has 0 radical (unpaired) electrons. The minimum atomic E-state index is -0.145. The molecule has 3 atom stereocenters. The standard InChI is InChI=1S/C17H22N4O/c1-12-8-21-11-15(22)7-14(21)10-20(12)9-13-2-3-16-17(6-13)19-5-4-18-16/h2-6,12,14-15,22H,7-11H2,1H3/t12-,14?,15-/m1/s1. The second-order valence-electron chi connectivity index (χ2n) is 6.66. The molecule has 1 aromatic carbocycles. The van der Waals surface area contributed by atoms with E-state index >= 15 is 0 Å². The van der Waals surface area contributed by atoms with Gasteiger partial charge in [0.15, 0.2) is 0 Å². The molecular weight excluding hydrogens is 276 g/mol. The Hall–Kier alpha value is -1.56. The van der Waals surface area contributed by atoms with Crippen LogP contribution in [0.4, 0.5) is 0 Å². The van der Waals surface area contributed by atoms with Crippen LogP contribution in [0.2, 0.25) is 0 Å². The first-order valence-electron chi connectivity index (χ1n) is 8.05. The fraction of sp³-hybridized carbons (Fsp3) is 0.529. The van der Waals surface area contributed by atoms with Crippen LogP contribution in [0.15, 0.2) is 30.6 Å². The number of piperazine rings is 1. The van der Waals surface area contributed by atoms with E-state index in [1.807, 2.05) is 0 Å². The van der Waals surface area contributed by atoms with E-state index in [0.29, 0.717) is 12.1 Å². The van der Waals surface area contributed by atoms with E-state index in [4.69, 9.17) is 0 Å². The molecule has 2 saturated heterocycles. The Kier molecular flexibility index (Phi) is 3.56. The van der Waals surface area contributed by atoms with Crippen molar-refractivity contribution >= 4 is 11.0 Å². The van der Waals surface area contributed by atoms with Gasteiger partial charge in [-0.05, 0) is 31.0 Å². The number of rotatable bonds is 2. The molecule has 1 aromatic heterocycles. The van der Waals surface area contributed by atoms with Crippen molar-refractivity contribution < 1.29 is 5.11 Å². The van der Waals surface area contributed by atoms with Gasteiger partial charge in [-0.15, -0.1) is 0 Å². The van der Waals surface area contributed by atoms with Crippen molar-refractivity contribution in [1.29, 1.82) is 0 Å². The minimum absolute atomic E-state index is 0.145. The molecule has 4 rings (SSSR count). The van der Waals surface area contributed by atoms with Gasteiger partial charge in [0.05, 0.1) is 17.1 Å². The average molecular weight is 298 g/mol. The summed E-state index contributed by atoms with van der Waals surface area (Å²) in [5.74, 6) is 0. The molecule has 2 aliphatic heterocycles. The summed E-state index contributed by atoms with van der Waals surface area (Å²) in [4.78, 5) is 13.7. The van der Waals surface area contributed by atoms with Gasteiger partial charge in [-0.2, -0.15) is 0 Å². The van der Waals surface area contributed by atoms with Crippen LogP contribution in [0, 0.1) is 0 Å². The quantitative estimate of drug-likeness (QED) is 0.905. The zero-order valence-corrected chi connectivity index (χ0v) is 12.9. The fourth-order valence-electron chi connectivity index (χ4n) is 3.84. The normalized spacial score (nSPS) is 29.8. The Morgan fingerprint density at radius 3 is 2.82 bits per heavy atom. The number of nitrogens with zero attached hydrogens (tertiary/aromatic N) is 4. The highest BCUT2D eigenvalue weighted by molar-refractivity contribution is 5.74. The second-order valence-corrected chi connectivity index (χ2v) is 6.66. The fourth-order valence-corrected chi connectivity index (χ4v) is 3.84. The smallest absolute Gasteiger partial charge is 0.0890 e. The summed E-state index contributed by atoms with van der Waals surface area (Å²) < 4.78 is 0. The number of benzene rings is 1. The maximum Gasteiger partial charge on any atom is 0.0890 e. The molecule has 2 aliphatic rings. The van der Waals surface area contributed by atoms with Crippen LogP contribution >= 0.6 is 0 Å². The molecule has 0 amide bonds. The molecule has 0 spiro atoms. The summed E-state index contributed by atoms with van der Waals surface area (Å²) >= 11 is 0. The Bertz CT molecular complexity index is 677. The predicted octanol–water partition coefficient (Wildman–Crippen LogP) is 1.27. The maximum absolute atomic E-state index is 9.87. The van der Waals surface area contributed by atoms with Crippen molar-refractivity contribution in [2.75, 3.05) is 19.6 Å². The highest BCUT2D eigenvalue weighted by Gasteiger charge is 2.37. The van der Waals surface area contributed by atoms with Crippen LogP contribution in [-0.4, -0.2) is 62.7 Å². The number of fused-ring (bicyclic) bond motifs is 2. The lowest BCUT2D eigenvalue weighted by Gasteiger charge is -2.42. The van der Waals surface area contributed by atoms with Crippen LogP contribution in [0.1, 0.15) is 18.9 Å². The molecule has 1 unspecified atom stereocenters. The zero-order chi connectivity index (χ0) is 15.1. The summed E-state index contributed by atoms with van der Waals surface area (Å²) in [6, 6.07) is 7.37. The SMILES string of the molecule is C[C@@H]1CN2C[C@H](O)CC2CN1Cc1ccc2nccnc2c1. The van der Waals surface area contributed by atoms with Crippen LogP contribution < -0.4 is 0 Å². The van der Waals surface area contributed by atoms with Crippen LogP contribution in [-0.2, 0) is 6.54 Å². The molecule has 0 saturated carbocycles. The molecule has 2 aromatic rings. The summed E-state index contributed by atoms with van der Waals surface area (Å²) in [5.41, 5.74) is 3.19. The molecule has 5 nitrogen and oxygen atoms in total. The largest absolute Gasteiger partial charge is 0.392 e. The molecule has 0 bridgehead atoms. The summed E-state index contributed by atoms with van der Waals surface area (Å²) in [5, 5.41) is 9.87. The Morgan fingerprint density at radius 1 is 1.14 bits per heavy atom. The van der Waals surface area contributed by atoms with Crippen molar-refractivity contribution in [2.24, 2.45) is 0 Å². The van der Waals surface area contributed by atoms with E-state index in [9.17, 15) is 5.11 Å². The second kappa shape index (κ2) is 5.57. The summed E-state index contributed by atoms with van der Waals surface area (Å²) in [6.45, 7) is 6.15. The Morgan fingerprint density at radius 2 is 1.95 bits per heavy atom. The van der Waals surface area contributed by atoms with E-state index in [2.05, 4.69) is 44.9 Å². The number of hydrogen-bond acceptors (Lipinski definition) is 5. The van der Waals surface area contributed by atoms with Gasteiger partial charge >= 0.3 is 0 Å². The third kappa shape index (κ3) is 2.60. The van der Waals surface area contributed by atoms with Gasteiger partial charge in [-0.3, -0.25) is 19.8 Å². The highest BCUT2D eigenvalue weighted by Crippen LogP contribution is 2.26. The molecule has 116 valence electrons. The van der Waals surface area contributed by atoms with E-state index in [1.165, 1.54) is 5.56 Å². The average Bonchev–Trinajstić information content (AvgIpc) is 2.86. The lowest BCUT2D eigenvalue weighted by atomic mass is 10.1. The minimum Gasteiger partial charge on any atom is -0.392 e. The van der Waals surface area contributed by atoms with E-state index in [-0.39, 0.29) is 6.10 Å². The molecule has 3 heterocycles. The van der Waals surface area contributed by atoms with Crippen molar-refractivity contribution in [2.45, 2.75) is 38.1 Å². The lowest BCUT2D eigenvalue weighted by molar-refractivity contribution is 0.0529. The first-order valence-corrected chi connectivity index (χ1v) is 8.05. The molecule has 22 heavy (non-hydrogen) atoms. The summed E-state index contributed by atoms with van der Waals surface area (Å²) in [7, 11) is 0. The monoisotopic (exact) mass is 298 g/mol. The van der Waals surface area contributed by atoms with Crippen molar-refractivity contribution in [3.05, 3.63) is 36.2 Å². The number of hydrogen-bond donors (Lipinski definition) is 1. The molecular formula is C17H22N4O. The van der Waals surface area contributed by atoms with E-state index < -0.39 is 0 Å². The number of aromatic nitrogens is 2. The third-order valence-electron chi connectivity index (χ3n) is 4.99. The molecule has 5 heteroatoms. The van der Waals surface area contributed by atoms with Gasteiger partial charge < -0.3 is 5.11 Å².